The molecule has 3 rings (SSSR count). The quantitative estimate of drug-likeness (QED) is 0.783. The molecule has 0 radical (unpaired) electrons. The van der Waals surface area contributed by atoms with Crippen molar-refractivity contribution in [2.45, 2.75) is 6.54 Å². The first-order valence-corrected chi connectivity index (χ1v) is 6.81. The Morgan fingerprint density at radius 1 is 1.09 bits per heavy atom. The minimum absolute atomic E-state index is 0.250. The van der Waals surface area contributed by atoms with Crippen LogP contribution in [-0.2, 0) is 6.54 Å². The Kier molecular flexibility index (Phi) is 3.96. The van der Waals surface area contributed by atoms with Gasteiger partial charge in [-0.25, -0.2) is 0 Å². The van der Waals surface area contributed by atoms with Crippen molar-refractivity contribution in [3.8, 4) is 17.3 Å². The van der Waals surface area contributed by atoms with Gasteiger partial charge in [0.2, 0.25) is 0 Å². The molecule has 112 valence electrons. The first-order valence-electron chi connectivity index (χ1n) is 6.81. The minimum atomic E-state index is -0.270. The van der Waals surface area contributed by atoms with Crippen LogP contribution in [0.3, 0.4) is 0 Å². The van der Waals surface area contributed by atoms with Crippen LogP contribution in [-0.4, -0.2) is 13.0 Å². The highest BCUT2D eigenvalue weighted by Crippen LogP contribution is 2.22. The van der Waals surface area contributed by atoms with Crippen LogP contribution >= 0.6 is 0 Å². The molecule has 0 saturated heterocycles. The van der Waals surface area contributed by atoms with Gasteiger partial charge in [0.15, 0.2) is 17.3 Å². The number of amides is 1. The monoisotopic (exact) mass is 297 g/mol. The van der Waals surface area contributed by atoms with Gasteiger partial charge >= 0.3 is 0 Å². The fourth-order valence-electron chi connectivity index (χ4n) is 2.02. The number of carbonyl (C=O) groups is 1. The summed E-state index contributed by atoms with van der Waals surface area (Å²) < 4.78 is 15.8. The number of hydrogen-bond donors (Lipinski definition) is 1. The second kappa shape index (κ2) is 6.22. The lowest BCUT2D eigenvalue weighted by molar-refractivity contribution is 0.0924. The lowest BCUT2D eigenvalue weighted by atomic mass is 10.2. The van der Waals surface area contributed by atoms with Crippen molar-refractivity contribution in [1.29, 1.82) is 0 Å². The maximum Gasteiger partial charge on any atom is 0.287 e. The Labute approximate surface area is 127 Å². The molecule has 0 aliphatic carbocycles. The molecule has 0 spiro atoms. The lowest BCUT2D eigenvalue weighted by Gasteiger charge is -2.05. The van der Waals surface area contributed by atoms with Crippen LogP contribution in [0.2, 0.25) is 0 Å². The summed E-state index contributed by atoms with van der Waals surface area (Å²) in [5.41, 5.74) is 0.979. The largest absolute Gasteiger partial charge is 0.497 e. The van der Waals surface area contributed by atoms with Gasteiger partial charge in [-0.2, -0.15) is 0 Å². The van der Waals surface area contributed by atoms with E-state index in [1.807, 2.05) is 24.3 Å². The van der Waals surface area contributed by atoms with E-state index in [1.54, 1.807) is 37.6 Å². The molecule has 0 aliphatic heterocycles. The zero-order valence-electron chi connectivity index (χ0n) is 12.0. The second-order valence-electron chi connectivity index (χ2n) is 4.67. The Bertz CT molecular complexity index is 741. The highest BCUT2D eigenvalue weighted by Gasteiger charge is 2.13. The molecule has 0 bridgehead atoms. The number of methoxy groups -OCH3 is 1. The molecule has 5 nitrogen and oxygen atoms in total. The van der Waals surface area contributed by atoms with Gasteiger partial charge in [0, 0.05) is 6.54 Å². The fourth-order valence-corrected chi connectivity index (χ4v) is 2.02. The van der Waals surface area contributed by atoms with Crippen LogP contribution in [0.5, 0.6) is 5.75 Å². The molecule has 1 aromatic carbocycles. The normalized spacial score (nSPS) is 10.4. The highest BCUT2D eigenvalue weighted by molar-refractivity contribution is 5.91. The van der Waals surface area contributed by atoms with E-state index in [0.29, 0.717) is 18.1 Å². The van der Waals surface area contributed by atoms with Gasteiger partial charge in [0.05, 0.1) is 13.4 Å². The number of ether oxygens (including phenoxy) is 1. The van der Waals surface area contributed by atoms with E-state index in [4.69, 9.17) is 13.6 Å². The average Bonchev–Trinajstić information content (AvgIpc) is 3.23. The van der Waals surface area contributed by atoms with Crippen molar-refractivity contribution in [2.24, 2.45) is 0 Å². The van der Waals surface area contributed by atoms with Crippen molar-refractivity contribution >= 4 is 5.91 Å². The minimum Gasteiger partial charge on any atom is -0.497 e. The van der Waals surface area contributed by atoms with Gasteiger partial charge in [-0.05, 0) is 42.0 Å². The highest BCUT2D eigenvalue weighted by atomic mass is 16.5. The van der Waals surface area contributed by atoms with Gasteiger partial charge in [-0.3, -0.25) is 4.79 Å². The molecule has 0 fully saturated rings. The van der Waals surface area contributed by atoms with Gasteiger partial charge in [-0.1, -0.05) is 12.1 Å². The predicted octanol–water partition coefficient (Wildman–Crippen LogP) is 3.48. The van der Waals surface area contributed by atoms with E-state index in [1.165, 1.54) is 0 Å². The number of hydrogen-bond acceptors (Lipinski definition) is 4. The zero-order chi connectivity index (χ0) is 15.4. The van der Waals surface area contributed by atoms with Crippen LogP contribution in [0.25, 0.3) is 11.5 Å². The third-order valence-corrected chi connectivity index (χ3v) is 3.21. The molecule has 0 atom stereocenters. The number of carbonyl (C=O) groups excluding carboxylic acids is 1. The Balaban J connectivity index is 1.62. The summed E-state index contributed by atoms with van der Waals surface area (Å²) in [6, 6.07) is 14.4. The Morgan fingerprint density at radius 2 is 1.91 bits per heavy atom. The van der Waals surface area contributed by atoms with Gasteiger partial charge in [-0.15, -0.1) is 0 Å². The second-order valence-corrected chi connectivity index (χ2v) is 4.67. The summed E-state index contributed by atoms with van der Waals surface area (Å²) in [7, 11) is 1.62. The number of nitrogens with one attached hydrogen (secondary N) is 1. The maximum atomic E-state index is 12.1. The van der Waals surface area contributed by atoms with Crippen molar-refractivity contribution in [1.82, 2.24) is 5.32 Å². The van der Waals surface area contributed by atoms with Gasteiger partial charge in [0.25, 0.3) is 5.91 Å². The van der Waals surface area contributed by atoms with Crippen LogP contribution in [0, 0.1) is 0 Å². The van der Waals surface area contributed by atoms with Crippen LogP contribution < -0.4 is 10.1 Å². The van der Waals surface area contributed by atoms with E-state index in [2.05, 4.69) is 5.32 Å². The van der Waals surface area contributed by atoms with E-state index in [9.17, 15) is 4.79 Å². The van der Waals surface area contributed by atoms with E-state index < -0.39 is 0 Å². The third kappa shape index (κ3) is 3.03. The summed E-state index contributed by atoms with van der Waals surface area (Å²) in [4.78, 5) is 12.1. The molecule has 22 heavy (non-hydrogen) atoms. The van der Waals surface area contributed by atoms with E-state index in [-0.39, 0.29) is 11.7 Å². The first-order chi connectivity index (χ1) is 10.8. The molecule has 5 heteroatoms. The number of benzene rings is 1. The molecule has 0 aliphatic rings. The van der Waals surface area contributed by atoms with Crippen LogP contribution in [0.4, 0.5) is 0 Å². The van der Waals surface area contributed by atoms with Crippen LogP contribution in [0.1, 0.15) is 16.1 Å². The van der Waals surface area contributed by atoms with Gasteiger partial charge in [0.1, 0.15) is 5.75 Å². The molecule has 3 aromatic rings. The SMILES string of the molecule is COc1ccc(CNC(=O)c2ccc(-c3ccco3)o2)cc1. The summed E-state index contributed by atoms with van der Waals surface area (Å²) in [6.07, 6.45) is 1.56. The molecular formula is C17H15NO4. The molecule has 2 aromatic heterocycles. The molecular weight excluding hydrogens is 282 g/mol. The molecule has 2 heterocycles. The van der Waals surface area contributed by atoms with Crippen LogP contribution in [0.15, 0.2) is 63.6 Å². The molecule has 1 N–H and O–H groups in total. The smallest absolute Gasteiger partial charge is 0.287 e. The summed E-state index contributed by atoms with van der Waals surface area (Å²) in [6.45, 7) is 0.416. The summed E-state index contributed by atoms with van der Waals surface area (Å²) in [5, 5.41) is 2.81. The van der Waals surface area contributed by atoms with Gasteiger partial charge < -0.3 is 18.9 Å². The topological polar surface area (TPSA) is 64.6 Å². The summed E-state index contributed by atoms with van der Waals surface area (Å²) >= 11 is 0. The summed E-state index contributed by atoms with van der Waals surface area (Å²) in [5.74, 6) is 1.88. The average molecular weight is 297 g/mol. The van der Waals surface area contributed by atoms with Crippen molar-refractivity contribution in [3.05, 3.63) is 66.1 Å². The Morgan fingerprint density at radius 3 is 2.59 bits per heavy atom. The zero-order valence-corrected chi connectivity index (χ0v) is 12.0. The standard InChI is InChI=1S/C17H15NO4/c1-20-13-6-4-12(5-7-13)11-18-17(19)16-9-8-15(22-16)14-3-2-10-21-14/h2-10H,11H2,1H3,(H,18,19). The number of furan rings is 2. The number of rotatable bonds is 5. The van der Waals surface area contributed by atoms with Crippen molar-refractivity contribution < 1.29 is 18.4 Å². The fraction of sp³-hybridized carbons (Fsp3) is 0.118. The van der Waals surface area contributed by atoms with E-state index >= 15 is 0 Å². The van der Waals surface area contributed by atoms with Crippen molar-refractivity contribution in [2.75, 3.05) is 7.11 Å². The van der Waals surface area contributed by atoms with E-state index in [0.717, 1.165) is 11.3 Å². The molecule has 0 saturated carbocycles. The lowest BCUT2D eigenvalue weighted by Crippen LogP contribution is -2.22. The third-order valence-electron chi connectivity index (χ3n) is 3.21. The first kappa shape index (κ1) is 14.0. The maximum absolute atomic E-state index is 12.1. The van der Waals surface area contributed by atoms with Crippen molar-refractivity contribution in [3.63, 3.8) is 0 Å². The predicted molar refractivity (Wildman–Crippen MR) is 80.6 cm³/mol. The molecule has 1 amide bonds. The molecule has 0 unspecified atom stereocenters. The Hall–Kier alpha value is -2.95.